The zero-order chi connectivity index (χ0) is 44.3. The van der Waals surface area contributed by atoms with Gasteiger partial charge in [0.1, 0.15) is 0 Å². The van der Waals surface area contributed by atoms with Crippen LogP contribution in [0.2, 0.25) is 0 Å². The van der Waals surface area contributed by atoms with Crippen molar-refractivity contribution in [3.8, 4) is 0 Å². The number of hydrogen-bond donors (Lipinski definition) is 0. The quantitative estimate of drug-likeness (QED) is 0.140. The van der Waals surface area contributed by atoms with E-state index >= 15 is 0 Å². The van der Waals surface area contributed by atoms with Crippen molar-refractivity contribution in [2.24, 2.45) is 24.0 Å². The molecule has 8 fully saturated rings. The molecule has 0 aromatic carbocycles. The Kier molecular flexibility index (Phi) is 19.3. The molecule has 9 aliphatic rings. The summed E-state index contributed by atoms with van der Waals surface area (Å²) in [7, 11) is -14.8. The number of nitrogens with zero attached hydrogens (tertiary/aromatic N) is 4. The van der Waals surface area contributed by atoms with Gasteiger partial charge in [-0.05, 0) is 121 Å². The first kappa shape index (κ1) is 50.5. The van der Waals surface area contributed by atoms with Gasteiger partial charge in [0, 0.05) is 0 Å². The molecule has 8 aliphatic carbocycles. The van der Waals surface area contributed by atoms with Gasteiger partial charge in [0.15, 0.2) is 0 Å². The van der Waals surface area contributed by atoms with E-state index in [1.165, 1.54) is 44.9 Å². The van der Waals surface area contributed by atoms with Gasteiger partial charge in [0.25, 0.3) is 0 Å². The van der Waals surface area contributed by atoms with Gasteiger partial charge < -0.3 is 36.2 Å². The number of rotatable bonds is 16. The third-order valence-corrected chi connectivity index (χ3v) is 27.8. The molecule has 16 heteroatoms. The van der Waals surface area contributed by atoms with Crippen LogP contribution in [0.25, 0.3) is 0 Å². The van der Waals surface area contributed by atoms with E-state index in [0.717, 1.165) is 205 Å². The first-order chi connectivity index (χ1) is 31.8. The zero-order valence-electron chi connectivity index (χ0n) is 40.6. The summed E-state index contributed by atoms with van der Waals surface area (Å²) in [4.78, 5) is 0. The molecule has 8 saturated carbocycles. The Morgan fingerprint density at radius 1 is 0.215 bits per heavy atom. The average Bonchev–Trinajstić information content (AvgIpc) is 3.31. The summed E-state index contributed by atoms with van der Waals surface area (Å²) in [6.45, 7) is 2.38. The van der Waals surface area contributed by atoms with Gasteiger partial charge in [-0.15, -0.1) is 18.1 Å². The lowest BCUT2D eigenvalue weighted by atomic mass is 9.89. The molecule has 0 radical (unpaired) electrons. The van der Waals surface area contributed by atoms with E-state index in [1.54, 1.807) is 0 Å². The highest BCUT2D eigenvalue weighted by Crippen LogP contribution is 2.83. The highest BCUT2D eigenvalue weighted by molar-refractivity contribution is 7.78. The van der Waals surface area contributed by atoms with E-state index in [2.05, 4.69) is 6.92 Å². The second kappa shape index (κ2) is 24.8. The minimum Gasteiger partial charge on any atom is -0.303 e. The molecule has 0 bridgehead atoms. The van der Waals surface area contributed by atoms with Gasteiger partial charge in [-0.3, -0.25) is 0 Å². The third-order valence-electron chi connectivity index (χ3n) is 16.0. The van der Waals surface area contributed by atoms with E-state index in [-0.39, 0.29) is 48.8 Å². The maximum absolute atomic E-state index is 7.74. The first-order valence-electron chi connectivity index (χ1n) is 27.9. The summed E-state index contributed by atoms with van der Waals surface area (Å²) in [5, 5.41) is 0. The largest absolute Gasteiger partial charge is 0.349 e. The van der Waals surface area contributed by atoms with Crippen LogP contribution in [0.15, 0.2) is 18.1 Å². The van der Waals surface area contributed by atoms with Crippen molar-refractivity contribution < 1.29 is 36.2 Å². The van der Waals surface area contributed by atoms with Crippen LogP contribution in [-0.2, 0) is 36.2 Å². The molecule has 1 atom stereocenters. The fourth-order valence-electron chi connectivity index (χ4n) is 12.2. The topological polar surface area (TPSA) is 123 Å². The second-order valence-electron chi connectivity index (χ2n) is 21.9. The molecule has 0 saturated heterocycles. The molecule has 0 N–H and O–H groups in total. The molecule has 374 valence electrons. The summed E-state index contributed by atoms with van der Waals surface area (Å²) >= 11 is 0. The molecule has 1 heterocycles. The SMILES string of the molecule is CC1CCC(OP2(OC3CCCCC3)=NP(OC3CCCCC3)(OC3CCCCC3)=NP(OC3CCCCC3)(OC3CCCCC3)=NP(OC3CCCCC3)(OC3CCCCC3)=N2)CC1. The molecular formula is C49H90N4O8P4. The monoisotopic (exact) mass is 987 g/mol. The Balaban J connectivity index is 1.33. The summed E-state index contributed by atoms with van der Waals surface area (Å²) in [6, 6.07) is 0. The Hall–Kier alpha value is 0.600. The fraction of sp³-hybridized carbons (Fsp3) is 1.00. The molecule has 0 amide bonds. The van der Waals surface area contributed by atoms with Crippen LogP contribution in [0.4, 0.5) is 0 Å². The van der Waals surface area contributed by atoms with Crippen LogP contribution in [0.5, 0.6) is 0 Å². The van der Waals surface area contributed by atoms with Gasteiger partial charge in [-0.25, -0.2) is 0 Å². The van der Waals surface area contributed by atoms with Crippen molar-refractivity contribution in [3.63, 3.8) is 0 Å². The summed E-state index contributed by atoms with van der Waals surface area (Å²) in [6.07, 6.45) is 41.2. The van der Waals surface area contributed by atoms with Crippen molar-refractivity contribution in [2.75, 3.05) is 0 Å². The first-order valence-corrected chi connectivity index (χ1v) is 34.0. The van der Waals surface area contributed by atoms with Gasteiger partial charge >= 0.3 is 30.6 Å². The highest BCUT2D eigenvalue weighted by atomic mass is 31.3. The van der Waals surface area contributed by atoms with Crippen LogP contribution < -0.4 is 0 Å². The van der Waals surface area contributed by atoms with E-state index in [9.17, 15) is 0 Å². The minimum absolute atomic E-state index is 0.0522. The van der Waals surface area contributed by atoms with Crippen LogP contribution in [0, 0.1) is 5.92 Å². The Morgan fingerprint density at radius 3 is 0.538 bits per heavy atom. The van der Waals surface area contributed by atoms with E-state index < -0.39 is 30.6 Å². The Bertz CT molecular complexity index is 1580. The number of hydrogen-bond acceptors (Lipinski definition) is 12. The third kappa shape index (κ3) is 14.8. The fourth-order valence-corrected chi connectivity index (χ4v) is 26.3. The molecule has 12 nitrogen and oxygen atoms in total. The maximum atomic E-state index is 7.74. The highest BCUT2D eigenvalue weighted by Gasteiger charge is 2.50. The summed E-state index contributed by atoms with van der Waals surface area (Å²) in [5.74, 6) is 0.658. The van der Waals surface area contributed by atoms with Crippen molar-refractivity contribution in [1.29, 1.82) is 0 Å². The predicted molar refractivity (Wildman–Crippen MR) is 266 cm³/mol. The lowest BCUT2D eigenvalue weighted by molar-refractivity contribution is 0.0796. The predicted octanol–water partition coefficient (Wildman–Crippen LogP) is 18.8. The average molecular weight is 987 g/mol. The normalized spacial score (nSPS) is 33.4. The van der Waals surface area contributed by atoms with Crippen LogP contribution in [-0.4, -0.2) is 48.8 Å². The van der Waals surface area contributed by atoms with E-state index in [4.69, 9.17) is 54.3 Å². The molecule has 0 spiro atoms. The Morgan fingerprint density at radius 2 is 0.369 bits per heavy atom. The van der Waals surface area contributed by atoms with Gasteiger partial charge in [0.05, 0.1) is 48.8 Å². The van der Waals surface area contributed by atoms with Crippen LogP contribution in [0.1, 0.15) is 257 Å². The lowest BCUT2D eigenvalue weighted by Gasteiger charge is -2.41. The van der Waals surface area contributed by atoms with E-state index in [0.29, 0.717) is 5.92 Å². The molecule has 0 aromatic rings. The maximum Gasteiger partial charge on any atom is 0.349 e. The van der Waals surface area contributed by atoms with Crippen molar-refractivity contribution in [1.82, 2.24) is 0 Å². The van der Waals surface area contributed by atoms with Crippen molar-refractivity contribution >= 4 is 30.6 Å². The van der Waals surface area contributed by atoms with Gasteiger partial charge in [-0.2, -0.15) is 0 Å². The standard InChI is InChI=1S/C49H90N4O8P4/c1-41-37-39-49(40-38-41)61-65(60-48-35-21-8-22-36-48)52-63(56-44-27-13-4-14-28-44,57-45-29-15-5-16-30-45)50-62(54-42-23-9-2-10-24-42,55-43-25-11-3-12-26-43)51-64(53-65,58-46-31-17-6-18-32-46)59-47-33-19-7-20-34-47/h41-49H,2-40H2,1H3. The van der Waals surface area contributed by atoms with Crippen molar-refractivity contribution in [3.05, 3.63) is 0 Å². The van der Waals surface area contributed by atoms with E-state index in [1.807, 2.05) is 0 Å². The van der Waals surface area contributed by atoms with Crippen LogP contribution in [0.3, 0.4) is 0 Å². The van der Waals surface area contributed by atoms with Gasteiger partial charge in [0.2, 0.25) is 0 Å². The summed E-state index contributed by atoms with van der Waals surface area (Å²) < 4.78 is 86.2. The minimum atomic E-state index is -3.71. The smallest absolute Gasteiger partial charge is 0.303 e. The second-order valence-corrected chi connectivity index (χ2v) is 30.3. The Labute approximate surface area is 395 Å². The lowest BCUT2D eigenvalue weighted by Crippen LogP contribution is -2.25. The van der Waals surface area contributed by atoms with Crippen molar-refractivity contribution in [2.45, 2.75) is 306 Å². The molecular weight excluding hydrogens is 896 g/mol. The molecule has 1 unspecified atom stereocenters. The molecule has 65 heavy (non-hydrogen) atoms. The van der Waals surface area contributed by atoms with Crippen LogP contribution >= 0.6 is 30.6 Å². The molecule has 0 aromatic heterocycles. The zero-order valence-corrected chi connectivity index (χ0v) is 44.2. The van der Waals surface area contributed by atoms with Gasteiger partial charge in [-0.1, -0.05) is 142 Å². The molecule has 9 rings (SSSR count). The summed E-state index contributed by atoms with van der Waals surface area (Å²) in [5.41, 5.74) is 0. The molecule has 1 aliphatic heterocycles.